The third kappa shape index (κ3) is 3.12. The van der Waals surface area contributed by atoms with Gasteiger partial charge in [-0.05, 0) is 45.5 Å². The zero-order chi connectivity index (χ0) is 16.4. The van der Waals surface area contributed by atoms with Crippen LogP contribution in [0.3, 0.4) is 0 Å². The van der Waals surface area contributed by atoms with Gasteiger partial charge < -0.3 is 9.80 Å². The molecule has 6 heteroatoms. The van der Waals surface area contributed by atoms with Crippen molar-refractivity contribution in [1.82, 2.24) is 19.7 Å². The first-order valence-electron chi connectivity index (χ1n) is 7.97. The van der Waals surface area contributed by atoms with Crippen LogP contribution >= 0.6 is 0 Å². The van der Waals surface area contributed by atoms with E-state index in [-0.39, 0.29) is 18.0 Å². The molecule has 0 radical (unpaired) electrons. The summed E-state index contributed by atoms with van der Waals surface area (Å²) in [6.07, 6.45) is 5.05. The van der Waals surface area contributed by atoms with Crippen molar-refractivity contribution in [2.75, 3.05) is 25.5 Å². The highest BCUT2D eigenvalue weighted by molar-refractivity contribution is 5.97. The Labute approximate surface area is 136 Å². The molecule has 2 atom stereocenters. The smallest absolute Gasteiger partial charge is 0.251 e. The molecule has 1 aromatic carbocycles. The number of anilines is 1. The highest BCUT2D eigenvalue weighted by atomic mass is 16.2. The minimum Gasteiger partial charge on any atom is -0.307 e. The Morgan fingerprint density at radius 1 is 1.39 bits per heavy atom. The number of carbonyl (C=O) groups is 1. The van der Waals surface area contributed by atoms with Gasteiger partial charge in [0.2, 0.25) is 0 Å². The summed E-state index contributed by atoms with van der Waals surface area (Å²) in [5.41, 5.74) is 2.27. The number of aromatic nitrogens is 3. The molecule has 23 heavy (non-hydrogen) atoms. The standard InChI is InChI=1S/C17H23N5O/c1-13(21-12-18-11-19-21)17(23)22-15(10-20(2)3)9-8-14-6-4-5-7-16(14)22/h4-7,11-13,15H,8-10H2,1-3H3. The molecule has 1 aliphatic rings. The van der Waals surface area contributed by atoms with E-state index in [2.05, 4.69) is 21.0 Å². The lowest BCUT2D eigenvalue weighted by Gasteiger charge is -2.39. The summed E-state index contributed by atoms with van der Waals surface area (Å²) in [5, 5.41) is 4.12. The lowest BCUT2D eigenvalue weighted by atomic mass is 9.94. The molecule has 0 bridgehead atoms. The Kier molecular flexibility index (Phi) is 4.43. The minimum atomic E-state index is -0.367. The zero-order valence-electron chi connectivity index (χ0n) is 13.9. The monoisotopic (exact) mass is 313 g/mol. The third-order valence-corrected chi connectivity index (χ3v) is 4.37. The van der Waals surface area contributed by atoms with Crippen molar-refractivity contribution < 1.29 is 4.79 Å². The molecule has 0 saturated carbocycles. The van der Waals surface area contributed by atoms with Crippen LogP contribution in [0, 0.1) is 0 Å². The molecule has 0 spiro atoms. The van der Waals surface area contributed by atoms with Gasteiger partial charge in [-0.1, -0.05) is 18.2 Å². The fourth-order valence-corrected chi connectivity index (χ4v) is 3.23. The molecule has 1 aliphatic heterocycles. The molecule has 2 unspecified atom stereocenters. The molecular formula is C17H23N5O. The fraction of sp³-hybridized carbons (Fsp3) is 0.471. The molecule has 2 aromatic rings. The van der Waals surface area contributed by atoms with Crippen LogP contribution in [0.15, 0.2) is 36.9 Å². The number of hydrogen-bond acceptors (Lipinski definition) is 4. The molecule has 6 nitrogen and oxygen atoms in total. The number of fused-ring (bicyclic) bond motifs is 1. The van der Waals surface area contributed by atoms with Gasteiger partial charge in [0.05, 0.1) is 0 Å². The number of likely N-dealkylation sites (N-methyl/N-ethyl adjacent to an activating group) is 1. The maximum Gasteiger partial charge on any atom is 0.251 e. The van der Waals surface area contributed by atoms with Crippen molar-refractivity contribution in [3.8, 4) is 0 Å². The number of carbonyl (C=O) groups excluding carboxylic acids is 1. The summed E-state index contributed by atoms with van der Waals surface area (Å²) in [7, 11) is 4.09. The topological polar surface area (TPSA) is 54.3 Å². The van der Waals surface area contributed by atoms with E-state index in [0.29, 0.717) is 0 Å². The van der Waals surface area contributed by atoms with E-state index in [9.17, 15) is 4.79 Å². The van der Waals surface area contributed by atoms with E-state index in [1.54, 1.807) is 11.0 Å². The Morgan fingerprint density at radius 2 is 2.17 bits per heavy atom. The van der Waals surface area contributed by atoms with Crippen LogP contribution in [0.1, 0.15) is 24.9 Å². The number of nitrogens with zero attached hydrogens (tertiary/aromatic N) is 5. The number of hydrogen-bond donors (Lipinski definition) is 0. The highest BCUT2D eigenvalue weighted by Gasteiger charge is 2.34. The van der Waals surface area contributed by atoms with Crippen molar-refractivity contribution in [2.24, 2.45) is 0 Å². The van der Waals surface area contributed by atoms with Crippen LogP contribution < -0.4 is 4.90 Å². The molecule has 0 saturated heterocycles. The molecule has 122 valence electrons. The van der Waals surface area contributed by atoms with Crippen LogP contribution in [-0.2, 0) is 11.2 Å². The predicted octanol–water partition coefficient (Wildman–Crippen LogP) is 1.75. The van der Waals surface area contributed by atoms with Gasteiger partial charge in [0.25, 0.3) is 5.91 Å². The Hall–Kier alpha value is -2.21. The van der Waals surface area contributed by atoms with Gasteiger partial charge in [0.15, 0.2) is 0 Å². The van der Waals surface area contributed by atoms with E-state index in [1.807, 2.05) is 44.1 Å². The van der Waals surface area contributed by atoms with Crippen LogP contribution in [0.5, 0.6) is 0 Å². The van der Waals surface area contributed by atoms with Gasteiger partial charge in [-0.25, -0.2) is 9.67 Å². The number of amides is 1. The first-order valence-corrected chi connectivity index (χ1v) is 7.97. The van der Waals surface area contributed by atoms with Crippen molar-refractivity contribution >= 4 is 11.6 Å². The molecule has 0 N–H and O–H groups in total. The lowest BCUT2D eigenvalue weighted by molar-refractivity contribution is -0.122. The van der Waals surface area contributed by atoms with Gasteiger partial charge in [-0.15, -0.1) is 0 Å². The van der Waals surface area contributed by atoms with Gasteiger partial charge in [0.1, 0.15) is 18.7 Å². The molecule has 1 amide bonds. The average Bonchev–Trinajstić information content (AvgIpc) is 3.07. The first-order chi connectivity index (χ1) is 11.1. The largest absolute Gasteiger partial charge is 0.307 e. The summed E-state index contributed by atoms with van der Waals surface area (Å²) < 4.78 is 1.62. The van der Waals surface area contributed by atoms with Crippen LogP contribution in [-0.4, -0.2) is 52.3 Å². The second kappa shape index (κ2) is 6.50. The molecule has 1 aromatic heterocycles. The maximum atomic E-state index is 13.2. The van der Waals surface area contributed by atoms with Crippen LogP contribution in [0.2, 0.25) is 0 Å². The number of aryl methyl sites for hydroxylation is 1. The Balaban J connectivity index is 1.95. The van der Waals surface area contributed by atoms with Crippen molar-refractivity contribution in [1.29, 1.82) is 0 Å². The molecule has 0 fully saturated rings. The van der Waals surface area contributed by atoms with Gasteiger partial charge in [0, 0.05) is 18.3 Å². The molecule has 2 heterocycles. The SMILES string of the molecule is CC(C(=O)N1c2ccccc2CCC1CN(C)C)n1cncn1. The summed E-state index contributed by atoms with van der Waals surface area (Å²) in [4.78, 5) is 21.2. The zero-order valence-corrected chi connectivity index (χ0v) is 13.9. The number of para-hydroxylation sites is 1. The van der Waals surface area contributed by atoms with Gasteiger partial charge in [-0.2, -0.15) is 5.10 Å². The van der Waals surface area contributed by atoms with E-state index in [0.717, 1.165) is 25.1 Å². The summed E-state index contributed by atoms with van der Waals surface area (Å²) in [6, 6.07) is 8.00. The van der Waals surface area contributed by atoms with Crippen LogP contribution in [0.25, 0.3) is 0 Å². The normalized spacial score (nSPS) is 18.8. The van der Waals surface area contributed by atoms with Gasteiger partial charge >= 0.3 is 0 Å². The molecule has 0 aliphatic carbocycles. The second-order valence-electron chi connectivity index (χ2n) is 6.34. The molecular weight excluding hydrogens is 290 g/mol. The Morgan fingerprint density at radius 3 is 2.87 bits per heavy atom. The van der Waals surface area contributed by atoms with E-state index >= 15 is 0 Å². The fourth-order valence-electron chi connectivity index (χ4n) is 3.23. The number of rotatable bonds is 4. The van der Waals surface area contributed by atoms with E-state index in [4.69, 9.17) is 0 Å². The van der Waals surface area contributed by atoms with Gasteiger partial charge in [-0.3, -0.25) is 4.79 Å². The van der Waals surface area contributed by atoms with Crippen LogP contribution in [0.4, 0.5) is 5.69 Å². The summed E-state index contributed by atoms with van der Waals surface area (Å²) >= 11 is 0. The predicted molar refractivity (Wildman–Crippen MR) is 89.3 cm³/mol. The summed E-state index contributed by atoms with van der Waals surface area (Å²) in [5.74, 6) is 0.0644. The maximum absolute atomic E-state index is 13.2. The van der Waals surface area contributed by atoms with Crippen molar-refractivity contribution in [3.05, 3.63) is 42.5 Å². The van der Waals surface area contributed by atoms with E-state index < -0.39 is 0 Å². The summed E-state index contributed by atoms with van der Waals surface area (Å²) in [6.45, 7) is 2.73. The average molecular weight is 313 g/mol. The quantitative estimate of drug-likeness (QED) is 0.863. The minimum absolute atomic E-state index is 0.0644. The number of benzene rings is 1. The van der Waals surface area contributed by atoms with Crippen molar-refractivity contribution in [3.63, 3.8) is 0 Å². The molecule has 3 rings (SSSR count). The Bertz CT molecular complexity index is 667. The highest BCUT2D eigenvalue weighted by Crippen LogP contribution is 2.32. The third-order valence-electron chi connectivity index (χ3n) is 4.37. The first kappa shape index (κ1) is 15.7. The van der Waals surface area contributed by atoms with Crippen molar-refractivity contribution in [2.45, 2.75) is 31.8 Å². The van der Waals surface area contributed by atoms with E-state index in [1.165, 1.54) is 11.9 Å². The second-order valence-corrected chi connectivity index (χ2v) is 6.34. The lowest BCUT2D eigenvalue weighted by Crippen LogP contribution is -2.50.